The molecule has 4 heterocycles. The van der Waals surface area contributed by atoms with Gasteiger partial charge in [-0.15, -0.1) is 0 Å². The number of benzene rings is 7. The van der Waals surface area contributed by atoms with E-state index in [0.717, 1.165) is 83.0 Å². The lowest BCUT2D eigenvalue weighted by Crippen LogP contribution is -2.13. The lowest BCUT2D eigenvalue weighted by Gasteiger charge is -2.17. The zero-order valence-corrected chi connectivity index (χ0v) is 27.8. The lowest BCUT2D eigenvalue weighted by molar-refractivity contribution is 0.601. The second-order valence-corrected chi connectivity index (χ2v) is 13.9. The van der Waals surface area contributed by atoms with Crippen LogP contribution >= 0.6 is 0 Å². The maximum absolute atomic E-state index is 6.80. The van der Waals surface area contributed by atoms with Crippen LogP contribution in [0.1, 0.15) is 28.4 Å². The maximum Gasteiger partial charge on any atom is 0.161 e. The molecule has 1 aliphatic heterocycles. The number of fused-ring (bicyclic) bond motifs is 14. The van der Waals surface area contributed by atoms with Gasteiger partial charge in [0.2, 0.25) is 0 Å². The SMILES string of the molecule is C=C1C=C(c2cccc3c2oc2cc4c(cc23)oc2ccccc24)c2oc3ccccc3c2N=C1C1c2ccccc2-c2c1ccc1ccccc21. The molecule has 52 heavy (non-hydrogen) atoms. The largest absolute Gasteiger partial charge is 0.456 e. The minimum atomic E-state index is -0.104. The topological polar surface area (TPSA) is 51.8 Å². The van der Waals surface area contributed by atoms with Gasteiger partial charge in [-0.2, -0.15) is 0 Å². The monoisotopic (exact) mass is 665 g/mol. The van der Waals surface area contributed by atoms with Gasteiger partial charge >= 0.3 is 0 Å². The molecule has 0 radical (unpaired) electrons. The standard InChI is InChI=1S/C48H27NO3/c1-26-23-38(33-18-10-17-32-37-25-41-36(24-42(37)52-47(32)33)29-13-6-8-19-39(29)50-41)48-46(34-16-7-9-20-40(34)51-48)49-45(26)44-31-15-5-4-14-30(31)43-28-12-3-2-11-27(28)21-22-35(43)44/h2-25,44H,1H2. The van der Waals surface area contributed by atoms with E-state index in [2.05, 4.69) is 109 Å². The fourth-order valence-corrected chi connectivity index (χ4v) is 8.78. The Bertz CT molecular complexity index is 3270. The molecule has 3 aromatic heterocycles. The van der Waals surface area contributed by atoms with Crippen molar-refractivity contribution in [3.8, 4) is 11.1 Å². The predicted molar refractivity (Wildman–Crippen MR) is 212 cm³/mol. The number of allylic oxidation sites excluding steroid dienone is 2. The first kappa shape index (κ1) is 27.9. The van der Waals surface area contributed by atoms with Crippen molar-refractivity contribution in [3.05, 3.63) is 180 Å². The van der Waals surface area contributed by atoms with E-state index >= 15 is 0 Å². The van der Waals surface area contributed by atoms with Gasteiger partial charge in [-0.3, -0.25) is 0 Å². The van der Waals surface area contributed by atoms with Crippen molar-refractivity contribution in [1.29, 1.82) is 0 Å². The summed E-state index contributed by atoms with van der Waals surface area (Å²) in [4.78, 5) is 5.55. The number of hydrogen-bond donors (Lipinski definition) is 0. The van der Waals surface area contributed by atoms with E-state index in [1.54, 1.807) is 0 Å². The van der Waals surface area contributed by atoms with Crippen LogP contribution in [0, 0.1) is 0 Å². The van der Waals surface area contributed by atoms with Crippen LogP contribution in [0.3, 0.4) is 0 Å². The molecule has 2 aliphatic rings. The Kier molecular flexibility index (Phi) is 5.40. The van der Waals surface area contributed by atoms with Crippen molar-refractivity contribution in [1.82, 2.24) is 0 Å². The first-order valence-electron chi connectivity index (χ1n) is 17.6. The minimum Gasteiger partial charge on any atom is -0.456 e. The van der Waals surface area contributed by atoms with Gasteiger partial charge in [0.25, 0.3) is 0 Å². The summed E-state index contributed by atoms with van der Waals surface area (Å²) in [5.41, 5.74) is 13.4. The molecule has 1 unspecified atom stereocenters. The number of furan rings is 3. The van der Waals surface area contributed by atoms with Gasteiger partial charge in [0, 0.05) is 38.1 Å². The van der Waals surface area contributed by atoms with Crippen LogP contribution < -0.4 is 0 Å². The highest BCUT2D eigenvalue weighted by Gasteiger charge is 2.36. The molecular weight excluding hydrogens is 639 g/mol. The van der Waals surface area contributed by atoms with Crippen molar-refractivity contribution < 1.29 is 13.3 Å². The summed E-state index contributed by atoms with van der Waals surface area (Å²) in [7, 11) is 0. The maximum atomic E-state index is 6.80. The highest BCUT2D eigenvalue weighted by Crippen LogP contribution is 2.52. The van der Waals surface area contributed by atoms with E-state index in [1.807, 2.05) is 36.4 Å². The fourth-order valence-electron chi connectivity index (χ4n) is 8.78. The van der Waals surface area contributed by atoms with Gasteiger partial charge in [-0.1, -0.05) is 116 Å². The van der Waals surface area contributed by atoms with Gasteiger partial charge in [0.05, 0.1) is 11.6 Å². The Hall–Kier alpha value is -6.91. The van der Waals surface area contributed by atoms with Crippen molar-refractivity contribution >= 4 is 82.6 Å². The molecule has 10 aromatic rings. The Morgan fingerprint density at radius 2 is 1.17 bits per heavy atom. The summed E-state index contributed by atoms with van der Waals surface area (Å²) in [6.45, 7) is 4.72. The number of rotatable bonds is 2. The van der Waals surface area contributed by atoms with Crippen LogP contribution in [-0.2, 0) is 0 Å². The summed E-state index contributed by atoms with van der Waals surface area (Å²) < 4.78 is 19.8. The second-order valence-electron chi connectivity index (χ2n) is 13.9. The average Bonchev–Trinajstić information content (AvgIpc) is 3.92. The molecular formula is C48H27NO3. The number of hydrogen-bond acceptors (Lipinski definition) is 4. The van der Waals surface area contributed by atoms with Crippen molar-refractivity contribution in [2.24, 2.45) is 4.99 Å². The van der Waals surface area contributed by atoms with Crippen LogP contribution in [0.15, 0.2) is 176 Å². The number of para-hydroxylation sites is 3. The van der Waals surface area contributed by atoms with E-state index in [1.165, 1.54) is 33.0 Å². The predicted octanol–water partition coefficient (Wildman–Crippen LogP) is 13.3. The molecule has 12 rings (SSSR count). The molecule has 0 amide bonds. The summed E-state index contributed by atoms with van der Waals surface area (Å²) >= 11 is 0. The van der Waals surface area contributed by atoms with Crippen LogP contribution in [0.25, 0.3) is 82.3 Å². The first-order chi connectivity index (χ1) is 25.7. The molecule has 0 saturated heterocycles. The Labute approximate surface area is 297 Å². The molecule has 0 bridgehead atoms. The highest BCUT2D eigenvalue weighted by molar-refractivity contribution is 6.20. The molecule has 0 spiro atoms. The summed E-state index contributed by atoms with van der Waals surface area (Å²) in [6, 6.07) is 48.7. The van der Waals surface area contributed by atoms with E-state index in [9.17, 15) is 0 Å². The van der Waals surface area contributed by atoms with Crippen molar-refractivity contribution in [2.45, 2.75) is 5.92 Å². The Morgan fingerprint density at radius 1 is 0.500 bits per heavy atom. The van der Waals surface area contributed by atoms with E-state index in [4.69, 9.17) is 24.8 Å². The quantitative estimate of drug-likeness (QED) is 0.185. The lowest BCUT2D eigenvalue weighted by atomic mass is 9.87. The molecule has 0 fully saturated rings. The van der Waals surface area contributed by atoms with E-state index < -0.39 is 0 Å². The van der Waals surface area contributed by atoms with Crippen molar-refractivity contribution in [2.75, 3.05) is 0 Å². The molecule has 4 heteroatoms. The first-order valence-corrected chi connectivity index (χ1v) is 17.6. The molecule has 242 valence electrons. The van der Waals surface area contributed by atoms with Gasteiger partial charge in [-0.05, 0) is 75.0 Å². The Morgan fingerprint density at radius 3 is 2.06 bits per heavy atom. The smallest absolute Gasteiger partial charge is 0.161 e. The molecule has 0 N–H and O–H groups in total. The second kappa shape index (κ2) is 10.1. The fraction of sp³-hybridized carbons (Fsp3) is 0.0208. The van der Waals surface area contributed by atoms with Crippen LogP contribution in [0.2, 0.25) is 0 Å². The average molecular weight is 666 g/mol. The van der Waals surface area contributed by atoms with E-state index in [-0.39, 0.29) is 5.92 Å². The third kappa shape index (κ3) is 3.68. The van der Waals surface area contributed by atoms with Gasteiger partial charge < -0.3 is 13.3 Å². The summed E-state index contributed by atoms with van der Waals surface area (Å²) in [5, 5.41) is 7.56. The molecule has 1 atom stereocenters. The highest BCUT2D eigenvalue weighted by atomic mass is 16.3. The molecule has 0 saturated carbocycles. The molecule has 1 aliphatic carbocycles. The normalized spacial score (nSPS) is 15.4. The zero-order valence-electron chi connectivity index (χ0n) is 27.8. The third-order valence-corrected chi connectivity index (χ3v) is 11.1. The summed E-state index contributed by atoms with van der Waals surface area (Å²) in [5.74, 6) is 0.600. The third-order valence-electron chi connectivity index (χ3n) is 11.1. The summed E-state index contributed by atoms with van der Waals surface area (Å²) in [6.07, 6.45) is 2.15. The Balaban J connectivity index is 1.11. The zero-order chi connectivity index (χ0) is 34.1. The van der Waals surface area contributed by atoms with Crippen LogP contribution in [-0.4, -0.2) is 5.71 Å². The van der Waals surface area contributed by atoms with Crippen molar-refractivity contribution in [3.63, 3.8) is 0 Å². The molecule has 4 nitrogen and oxygen atoms in total. The number of aliphatic imine (C=N–C) groups is 1. The van der Waals surface area contributed by atoms with Crippen LogP contribution in [0.4, 0.5) is 5.69 Å². The molecule has 7 aromatic carbocycles. The van der Waals surface area contributed by atoms with Crippen LogP contribution in [0.5, 0.6) is 0 Å². The van der Waals surface area contributed by atoms with Gasteiger partial charge in [0.1, 0.15) is 33.6 Å². The van der Waals surface area contributed by atoms with Gasteiger partial charge in [-0.25, -0.2) is 4.99 Å². The number of nitrogens with zero attached hydrogens (tertiary/aromatic N) is 1. The van der Waals surface area contributed by atoms with Gasteiger partial charge in [0.15, 0.2) is 5.76 Å². The minimum absolute atomic E-state index is 0.104. The van der Waals surface area contributed by atoms with E-state index in [0.29, 0.717) is 5.76 Å².